The maximum Gasteiger partial charge on any atom is 0.0992 e. The van der Waals surface area contributed by atoms with Crippen LogP contribution in [0.2, 0.25) is 0 Å². The van der Waals surface area contributed by atoms with Crippen LogP contribution in [0.3, 0.4) is 0 Å². The standard InChI is InChI=1S/C11H8N2/c1-8(6-12)10-7-13-11-5-3-2-4-9(10)11/h2-5,7,13H,1H2. The lowest BCUT2D eigenvalue weighted by atomic mass is 10.1. The molecular weight excluding hydrogens is 160 g/mol. The first-order valence-corrected chi connectivity index (χ1v) is 3.98. The minimum atomic E-state index is 0.498. The average Bonchev–Trinajstić information content (AvgIpc) is 2.60. The molecule has 0 atom stereocenters. The molecule has 0 fully saturated rings. The number of benzene rings is 1. The predicted octanol–water partition coefficient (Wildman–Crippen LogP) is 2.70. The molecule has 13 heavy (non-hydrogen) atoms. The molecule has 0 bridgehead atoms. The lowest BCUT2D eigenvalue weighted by Crippen LogP contribution is -1.74. The van der Waals surface area contributed by atoms with Crippen LogP contribution in [-0.4, -0.2) is 4.98 Å². The number of aromatic nitrogens is 1. The topological polar surface area (TPSA) is 39.6 Å². The number of para-hydroxylation sites is 1. The first-order valence-electron chi connectivity index (χ1n) is 3.98. The molecule has 0 spiro atoms. The molecular formula is C11H8N2. The van der Waals surface area contributed by atoms with E-state index < -0.39 is 0 Å². The van der Waals surface area contributed by atoms with Crippen LogP contribution in [0.4, 0.5) is 0 Å². The molecule has 1 aromatic carbocycles. The van der Waals surface area contributed by atoms with Gasteiger partial charge in [-0.3, -0.25) is 0 Å². The van der Waals surface area contributed by atoms with Crippen molar-refractivity contribution in [3.63, 3.8) is 0 Å². The molecule has 1 heterocycles. The van der Waals surface area contributed by atoms with Gasteiger partial charge in [-0.1, -0.05) is 24.8 Å². The van der Waals surface area contributed by atoms with E-state index in [-0.39, 0.29) is 0 Å². The Labute approximate surface area is 76.1 Å². The van der Waals surface area contributed by atoms with Gasteiger partial charge in [0.2, 0.25) is 0 Å². The van der Waals surface area contributed by atoms with Crippen molar-refractivity contribution < 1.29 is 0 Å². The normalized spacial score (nSPS) is 9.77. The second-order valence-corrected chi connectivity index (χ2v) is 2.84. The predicted molar refractivity (Wildman–Crippen MR) is 52.9 cm³/mol. The van der Waals surface area contributed by atoms with E-state index >= 15 is 0 Å². The van der Waals surface area contributed by atoms with Gasteiger partial charge in [-0.05, 0) is 6.07 Å². The van der Waals surface area contributed by atoms with Crippen molar-refractivity contribution in [1.29, 1.82) is 5.26 Å². The molecule has 2 nitrogen and oxygen atoms in total. The Kier molecular flexibility index (Phi) is 1.64. The van der Waals surface area contributed by atoms with Crippen LogP contribution >= 0.6 is 0 Å². The summed E-state index contributed by atoms with van der Waals surface area (Å²) in [6.45, 7) is 3.68. The Morgan fingerprint density at radius 3 is 2.92 bits per heavy atom. The van der Waals surface area contributed by atoms with Crippen LogP contribution in [0, 0.1) is 11.3 Å². The Morgan fingerprint density at radius 1 is 1.38 bits per heavy atom. The lowest BCUT2D eigenvalue weighted by Gasteiger charge is -1.92. The number of nitrogens with one attached hydrogen (secondary N) is 1. The Morgan fingerprint density at radius 2 is 2.15 bits per heavy atom. The fourth-order valence-electron chi connectivity index (χ4n) is 1.38. The van der Waals surface area contributed by atoms with E-state index in [1.54, 1.807) is 0 Å². The van der Waals surface area contributed by atoms with E-state index in [4.69, 9.17) is 5.26 Å². The summed E-state index contributed by atoms with van der Waals surface area (Å²) in [5.74, 6) is 0. The van der Waals surface area contributed by atoms with Gasteiger partial charge < -0.3 is 4.98 Å². The minimum Gasteiger partial charge on any atom is -0.361 e. The van der Waals surface area contributed by atoms with Crippen molar-refractivity contribution in [2.75, 3.05) is 0 Å². The minimum absolute atomic E-state index is 0.498. The van der Waals surface area contributed by atoms with E-state index in [1.807, 2.05) is 36.5 Å². The molecule has 0 aliphatic rings. The van der Waals surface area contributed by atoms with Crippen LogP contribution in [-0.2, 0) is 0 Å². The zero-order valence-corrected chi connectivity index (χ0v) is 7.04. The number of hydrogen-bond acceptors (Lipinski definition) is 1. The van der Waals surface area contributed by atoms with Gasteiger partial charge in [0.05, 0.1) is 11.6 Å². The molecule has 0 amide bonds. The molecule has 2 aromatic rings. The highest BCUT2D eigenvalue weighted by Crippen LogP contribution is 2.22. The summed E-state index contributed by atoms with van der Waals surface area (Å²) in [6, 6.07) is 9.90. The third kappa shape index (κ3) is 1.11. The zero-order valence-electron chi connectivity index (χ0n) is 7.04. The number of nitriles is 1. The Balaban J connectivity index is 2.73. The maximum atomic E-state index is 8.70. The van der Waals surface area contributed by atoms with Crippen LogP contribution in [0.5, 0.6) is 0 Å². The monoisotopic (exact) mass is 168 g/mol. The van der Waals surface area contributed by atoms with Crippen molar-refractivity contribution in [2.45, 2.75) is 0 Å². The summed E-state index contributed by atoms with van der Waals surface area (Å²) < 4.78 is 0. The van der Waals surface area contributed by atoms with Gasteiger partial charge >= 0.3 is 0 Å². The number of aromatic amines is 1. The van der Waals surface area contributed by atoms with Gasteiger partial charge in [0.15, 0.2) is 0 Å². The summed E-state index contributed by atoms with van der Waals surface area (Å²) in [7, 11) is 0. The second-order valence-electron chi connectivity index (χ2n) is 2.84. The van der Waals surface area contributed by atoms with E-state index in [0.717, 1.165) is 16.5 Å². The zero-order chi connectivity index (χ0) is 9.26. The third-order valence-electron chi connectivity index (χ3n) is 2.05. The van der Waals surface area contributed by atoms with Crippen molar-refractivity contribution in [1.82, 2.24) is 4.98 Å². The first kappa shape index (κ1) is 7.63. The van der Waals surface area contributed by atoms with E-state index in [0.29, 0.717) is 5.57 Å². The highest BCUT2D eigenvalue weighted by Gasteiger charge is 2.04. The Hall–Kier alpha value is -2.01. The average molecular weight is 168 g/mol. The summed E-state index contributed by atoms with van der Waals surface area (Å²) in [6.07, 6.45) is 1.82. The smallest absolute Gasteiger partial charge is 0.0992 e. The highest BCUT2D eigenvalue weighted by atomic mass is 14.7. The SMILES string of the molecule is C=C(C#N)c1c[nH]c2ccccc12. The van der Waals surface area contributed by atoms with Gasteiger partial charge in [-0.2, -0.15) is 5.26 Å². The quantitative estimate of drug-likeness (QED) is 0.653. The van der Waals surface area contributed by atoms with Crippen molar-refractivity contribution in [3.05, 3.63) is 42.6 Å². The molecule has 1 N–H and O–H groups in total. The summed E-state index contributed by atoms with van der Waals surface area (Å²) in [5, 5.41) is 9.75. The number of rotatable bonds is 1. The van der Waals surface area contributed by atoms with Crippen LogP contribution in [0.1, 0.15) is 5.56 Å². The number of nitrogens with zero attached hydrogens (tertiary/aromatic N) is 1. The molecule has 62 valence electrons. The first-order chi connectivity index (χ1) is 6.33. The third-order valence-corrected chi connectivity index (χ3v) is 2.05. The van der Waals surface area contributed by atoms with Gasteiger partial charge in [-0.15, -0.1) is 0 Å². The number of fused-ring (bicyclic) bond motifs is 1. The van der Waals surface area contributed by atoms with Crippen molar-refractivity contribution in [3.8, 4) is 6.07 Å². The molecule has 2 heteroatoms. The summed E-state index contributed by atoms with van der Waals surface area (Å²) >= 11 is 0. The molecule has 0 saturated heterocycles. The summed E-state index contributed by atoms with van der Waals surface area (Å²) in [5.41, 5.74) is 2.42. The Bertz CT molecular complexity index is 500. The van der Waals surface area contributed by atoms with Crippen molar-refractivity contribution in [2.24, 2.45) is 0 Å². The van der Waals surface area contributed by atoms with Gasteiger partial charge in [0, 0.05) is 22.7 Å². The molecule has 1 aromatic heterocycles. The molecule has 0 aliphatic heterocycles. The van der Waals surface area contributed by atoms with Gasteiger partial charge in [-0.25, -0.2) is 0 Å². The molecule has 0 radical (unpaired) electrons. The van der Waals surface area contributed by atoms with Gasteiger partial charge in [0.25, 0.3) is 0 Å². The highest BCUT2D eigenvalue weighted by molar-refractivity contribution is 5.95. The largest absolute Gasteiger partial charge is 0.361 e. The van der Waals surface area contributed by atoms with E-state index in [9.17, 15) is 0 Å². The van der Waals surface area contributed by atoms with E-state index in [1.165, 1.54) is 0 Å². The van der Waals surface area contributed by atoms with Crippen LogP contribution in [0.25, 0.3) is 16.5 Å². The van der Waals surface area contributed by atoms with Crippen LogP contribution in [0.15, 0.2) is 37.0 Å². The van der Waals surface area contributed by atoms with E-state index in [2.05, 4.69) is 11.6 Å². The molecule has 0 aliphatic carbocycles. The number of hydrogen-bond donors (Lipinski definition) is 1. The second kappa shape index (κ2) is 2.80. The molecule has 0 unspecified atom stereocenters. The fraction of sp³-hybridized carbons (Fsp3) is 0. The van der Waals surface area contributed by atoms with Crippen molar-refractivity contribution >= 4 is 16.5 Å². The molecule has 2 rings (SSSR count). The summed E-state index contributed by atoms with van der Waals surface area (Å²) in [4.78, 5) is 3.09. The van der Waals surface area contributed by atoms with Crippen LogP contribution < -0.4 is 0 Å². The van der Waals surface area contributed by atoms with Gasteiger partial charge in [0.1, 0.15) is 0 Å². The number of H-pyrrole nitrogens is 1. The molecule has 0 saturated carbocycles. The lowest BCUT2D eigenvalue weighted by molar-refractivity contribution is 1.46. The maximum absolute atomic E-state index is 8.70. The number of allylic oxidation sites excluding steroid dienone is 1. The fourth-order valence-corrected chi connectivity index (χ4v) is 1.38.